The Hall–Kier alpha value is -4.40. The smallest absolute Gasteiger partial charge is 0.260 e. The standard InChI is InChI=1S/C34H37N5O3/c1-5-16-35-17-19-36(20-18-35)33-31-15-13-28(23-40)37(31)22-27-8-6-7-9-29(27)39(33)34(41)26-12-14-30(32(21-26)42-4)38-24(2)10-11-25(38)3/h5-15,21,23,33H,1,16-20,22H2,2-4H3. The Morgan fingerprint density at radius 1 is 0.952 bits per heavy atom. The van der Waals surface area contributed by atoms with Crippen LogP contribution in [0.2, 0.25) is 0 Å². The lowest BCUT2D eigenvalue weighted by atomic mass is 10.1. The summed E-state index contributed by atoms with van der Waals surface area (Å²) >= 11 is 0. The number of rotatable bonds is 7. The molecule has 2 aromatic carbocycles. The van der Waals surface area contributed by atoms with Crippen LogP contribution in [0.1, 0.15) is 49.7 Å². The van der Waals surface area contributed by atoms with E-state index in [9.17, 15) is 9.59 Å². The Labute approximate surface area is 247 Å². The number of para-hydroxylation sites is 1. The summed E-state index contributed by atoms with van der Waals surface area (Å²) in [5.74, 6) is 0.515. The molecule has 0 saturated carbocycles. The Morgan fingerprint density at radius 3 is 2.38 bits per heavy atom. The highest BCUT2D eigenvalue weighted by Crippen LogP contribution is 2.40. The van der Waals surface area contributed by atoms with Crippen molar-refractivity contribution in [3.05, 3.63) is 113 Å². The second-order valence-corrected chi connectivity index (χ2v) is 11.0. The number of carbonyl (C=O) groups excluding carboxylic acids is 2. The molecule has 6 rings (SSSR count). The molecule has 8 heteroatoms. The van der Waals surface area contributed by atoms with Crippen molar-refractivity contribution in [3.63, 3.8) is 0 Å². The molecule has 0 radical (unpaired) electrons. The number of aryl methyl sites for hydroxylation is 2. The summed E-state index contributed by atoms with van der Waals surface area (Å²) in [6.45, 7) is 12.7. The SMILES string of the molecule is C=CCN1CCN(C2c3ccc(C=O)n3Cc3ccccc3N2C(=O)c2ccc(-n3c(C)ccc3C)c(OC)c2)CC1. The monoisotopic (exact) mass is 563 g/mol. The van der Waals surface area contributed by atoms with Crippen molar-refractivity contribution in [1.82, 2.24) is 18.9 Å². The van der Waals surface area contributed by atoms with E-state index in [-0.39, 0.29) is 12.1 Å². The molecular weight excluding hydrogens is 526 g/mol. The van der Waals surface area contributed by atoms with Gasteiger partial charge in [0.15, 0.2) is 6.29 Å². The van der Waals surface area contributed by atoms with E-state index in [1.165, 1.54) is 0 Å². The summed E-state index contributed by atoms with van der Waals surface area (Å²) in [7, 11) is 1.64. The third kappa shape index (κ3) is 4.76. The van der Waals surface area contributed by atoms with Crippen LogP contribution < -0.4 is 9.64 Å². The molecule has 216 valence electrons. The molecule has 1 amide bonds. The van der Waals surface area contributed by atoms with E-state index in [1.54, 1.807) is 7.11 Å². The zero-order valence-corrected chi connectivity index (χ0v) is 24.5. The third-order valence-corrected chi connectivity index (χ3v) is 8.56. The first-order chi connectivity index (χ1) is 20.4. The predicted octanol–water partition coefficient (Wildman–Crippen LogP) is 5.23. The number of aldehydes is 1. The van der Waals surface area contributed by atoms with E-state index >= 15 is 0 Å². The average Bonchev–Trinajstić information content (AvgIpc) is 3.53. The fourth-order valence-corrected chi connectivity index (χ4v) is 6.45. The Morgan fingerprint density at radius 2 is 1.69 bits per heavy atom. The van der Waals surface area contributed by atoms with Gasteiger partial charge in [-0.25, -0.2) is 0 Å². The molecule has 1 unspecified atom stereocenters. The zero-order chi connectivity index (χ0) is 29.4. The lowest BCUT2D eigenvalue weighted by Gasteiger charge is -2.43. The van der Waals surface area contributed by atoms with Crippen LogP contribution in [0.15, 0.2) is 79.4 Å². The van der Waals surface area contributed by atoms with Gasteiger partial charge in [0, 0.05) is 49.7 Å². The minimum atomic E-state index is -0.389. The molecule has 2 aliphatic rings. The van der Waals surface area contributed by atoms with E-state index in [4.69, 9.17) is 4.74 Å². The van der Waals surface area contributed by atoms with Gasteiger partial charge in [0.1, 0.15) is 11.9 Å². The van der Waals surface area contributed by atoms with Crippen LogP contribution in [-0.2, 0) is 6.54 Å². The van der Waals surface area contributed by atoms with E-state index in [1.807, 2.05) is 65.6 Å². The van der Waals surface area contributed by atoms with Gasteiger partial charge in [-0.1, -0.05) is 24.3 Å². The first kappa shape index (κ1) is 27.8. The number of piperazine rings is 1. The van der Waals surface area contributed by atoms with Crippen LogP contribution in [0.5, 0.6) is 5.75 Å². The van der Waals surface area contributed by atoms with E-state index in [0.717, 1.165) is 73.0 Å². The first-order valence-corrected chi connectivity index (χ1v) is 14.4. The number of anilines is 1. The van der Waals surface area contributed by atoms with Gasteiger partial charge < -0.3 is 13.9 Å². The van der Waals surface area contributed by atoms with Gasteiger partial charge in [-0.2, -0.15) is 0 Å². The van der Waals surface area contributed by atoms with Gasteiger partial charge in [-0.15, -0.1) is 6.58 Å². The maximum absolute atomic E-state index is 14.8. The van der Waals surface area contributed by atoms with Gasteiger partial charge in [0.05, 0.1) is 36.4 Å². The fraction of sp³-hybridized carbons (Fsp3) is 0.294. The highest BCUT2D eigenvalue weighted by molar-refractivity contribution is 6.07. The van der Waals surface area contributed by atoms with E-state index in [2.05, 4.69) is 51.5 Å². The Kier molecular flexibility index (Phi) is 7.58. The van der Waals surface area contributed by atoms with Crippen molar-refractivity contribution in [2.75, 3.05) is 44.7 Å². The molecule has 0 N–H and O–H groups in total. The highest BCUT2D eigenvalue weighted by atomic mass is 16.5. The number of carbonyl (C=O) groups is 2. The van der Waals surface area contributed by atoms with Crippen molar-refractivity contribution >= 4 is 17.9 Å². The summed E-state index contributed by atoms with van der Waals surface area (Å²) in [6, 6.07) is 21.7. The largest absolute Gasteiger partial charge is 0.495 e. The Bertz CT molecular complexity index is 1620. The second kappa shape index (κ2) is 11.5. The molecule has 8 nitrogen and oxygen atoms in total. The number of fused-ring (bicyclic) bond motifs is 2. The van der Waals surface area contributed by atoms with Crippen LogP contribution in [0.4, 0.5) is 5.69 Å². The molecule has 4 heterocycles. The number of amides is 1. The van der Waals surface area contributed by atoms with Crippen LogP contribution in [0.25, 0.3) is 5.69 Å². The molecule has 0 aliphatic carbocycles. The molecule has 0 spiro atoms. The molecule has 2 aromatic heterocycles. The topological polar surface area (TPSA) is 63.0 Å². The summed E-state index contributed by atoms with van der Waals surface area (Å²) in [6.07, 6.45) is 2.44. The fourth-order valence-electron chi connectivity index (χ4n) is 6.45. The molecule has 2 aliphatic heterocycles. The van der Waals surface area contributed by atoms with Crippen LogP contribution in [-0.4, -0.2) is 71.0 Å². The summed E-state index contributed by atoms with van der Waals surface area (Å²) < 4.78 is 10.0. The van der Waals surface area contributed by atoms with Gasteiger partial charge in [-0.3, -0.25) is 24.3 Å². The molecule has 42 heavy (non-hydrogen) atoms. The van der Waals surface area contributed by atoms with Crippen LogP contribution in [0, 0.1) is 13.8 Å². The summed E-state index contributed by atoms with van der Waals surface area (Å²) in [5, 5.41) is 0. The van der Waals surface area contributed by atoms with Gasteiger partial charge in [-0.05, 0) is 67.9 Å². The maximum atomic E-state index is 14.8. The number of methoxy groups -OCH3 is 1. The van der Waals surface area contributed by atoms with Crippen molar-refractivity contribution in [3.8, 4) is 11.4 Å². The Balaban J connectivity index is 1.48. The lowest BCUT2D eigenvalue weighted by Crippen LogP contribution is -2.53. The van der Waals surface area contributed by atoms with E-state index < -0.39 is 0 Å². The predicted molar refractivity (Wildman–Crippen MR) is 165 cm³/mol. The van der Waals surface area contributed by atoms with Crippen molar-refractivity contribution in [1.29, 1.82) is 0 Å². The van der Waals surface area contributed by atoms with Gasteiger partial charge in [0.25, 0.3) is 5.91 Å². The summed E-state index contributed by atoms with van der Waals surface area (Å²) in [5.41, 5.74) is 6.99. The third-order valence-electron chi connectivity index (χ3n) is 8.56. The molecule has 1 atom stereocenters. The quantitative estimate of drug-likeness (QED) is 0.228. The number of hydrogen-bond donors (Lipinski definition) is 0. The summed E-state index contributed by atoms with van der Waals surface area (Å²) in [4.78, 5) is 33.5. The molecule has 1 fully saturated rings. The van der Waals surface area contributed by atoms with Crippen molar-refractivity contribution < 1.29 is 14.3 Å². The second-order valence-electron chi connectivity index (χ2n) is 11.0. The molecule has 4 aromatic rings. The average molecular weight is 564 g/mol. The van der Waals surface area contributed by atoms with Crippen LogP contribution in [0.3, 0.4) is 0 Å². The molecule has 0 bridgehead atoms. The number of aromatic nitrogens is 2. The normalized spacial score (nSPS) is 17.3. The maximum Gasteiger partial charge on any atom is 0.260 e. The number of nitrogens with zero attached hydrogens (tertiary/aromatic N) is 5. The molecular formula is C34H37N5O3. The number of ether oxygens (including phenoxy) is 1. The van der Waals surface area contributed by atoms with Crippen molar-refractivity contribution in [2.24, 2.45) is 0 Å². The van der Waals surface area contributed by atoms with Gasteiger partial charge >= 0.3 is 0 Å². The lowest BCUT2D eigenvalue weighted by molar-refractivity contribution is 0.0793. The number of benzene rings is 2. The zero-order valence-electron chi connectivity index (χ0n) is 24.5. The molecule has 1 saturated heterocycles. The van der Waals surface area contributed by atoms with Gasteiger partial charge in [0.2, 0.25) is 0 Å². The van der Waals surface area contributed by atoms with Crippen LogP contribution >= 0.6 is 0 Å². The first-order valence-electron chi connectivity index (χ1n) is 14.4. The minimum absolute atomic E-state index is 0.117. The van der Waals surface area contributed by atoms with Crippen molar-refractivity contribution in [2.45, 2.75) is 26.6 Å². The minimum Gasteiger partial charge on any atom is -0.495 e. The highest BCUT2D eigenvalue weighted by Gasteiger charge is 2.39. The van der Waals surface area contributed by atoms with E-state index in [0.29, 0.717) is 23.6 Å². The number of hydrogen-bond acceptors (Lipinski definition) is 5.